The first-order valence-corrected chi connectivity index (χ1v) is 9.49. The average Bonchev–Trinajstić information content (AvgIpc) is 2.93. The van der Waals surface area contributed by atoms with Gasteiger partial charge >= 0.3 is 0 Å². The standard InChI is InChI=1S/C16H21NO4S2/c1-10-5-6-22-16(10)13(18)9-17-23(19,20)15-8-12(3)11(2)7-14(15)21-4/h5-8,13,17-18H,9H2,1-4H3/t13-/m0/s1. The van der Waals surface area contributed by atoms with Gasteiger partial charge < -0.3 is 9.84 Å². The summed E-state index contributed by atoms with van der Waals surface area (Å²) in [6, 6.07) is 5.17. The molecule has 0 amide bonds. The molecule has 126 valence electrons. The molecule has 0 spiro atoms. The van der Waals surface area contributed by atoms with E-state index in [-0.39, 0.29) is 11.4 Å². The van der Waals surface area contributed by atoms with Crippen molar-refractivity contribution in [2.75, 3.05) is 13.7 Å². The maximum Gasteiger partial charge on any atom is 0.244 e. The molecule has 0 aliphatic carbocycles. The molecule has 0 fully saturated rings. The fourth-order valence-corrected chi connectivity index (χ4v) is 4.40. The van der Waals surface area contributed by atoms with Gasteiger partial charge in [-0.25, -0.2) is 13.1 Å². The lowest BCUT2D eigenvalue weighted by Crippen LogP contribution is -2.29. The van der Waals surface area contributed by atoms with E-state index in [4.69, 9.17) is 4.74 Å². The predicted molar refractivity (Wildman–Crippen MR) is 91.7 cm³/mol. The highest BCUT2D eigenvalue weighted by Crippen LogP contribution is 2.28. The van der Waals surface area contributed by atoms with Crippen molar-refractivity contribution in [3.05, 3.63) is 45.1 Å². The van der Waals surface area contributed by atoms with Gasteiger partial charge in [0.25, 0.3) is 0 Å². The van der Waals surface area contributed by atoms with Crippen LogP contribution in [0.2, 0.25) is 0 Å². The number of ether oxygens (including phenoxy) is 1. The van der Waals surface area contributed by atoms with Crippen LogP contribution in [0.1, 0.15) is 27.7 Å². The Morgan fingerprint density at radius 2 is 1.87 bits per heavy atom. The average molecular weight is 355 g/mol. The monoisotopic (exact) mass is 355 g/mol. The fraction of sp³-hybridized carbons (Fsp3) is 0.375. The molecule has 0 bridgehead atoms. The van der Waals surface area contributed by atoms with Gasteiger partial charge in [-0.2, -0.15) is 0 Å². The number of hydrogen-bond acceptors (Lipinski definition) is 5. The van der Waals surface area contributed by atoms with E-state index >= 15 is 0 Å². The summed E-state index contributed by atoms with van der Waals surface area (Å²) in [5.41, 5.74) is 2.77. The van der Waals surface area contributed by atoms with Crippen LogP contribution < -0.4 is 9.46 Å². The highest BCUT2D eigenvalue weighted by atomic mass is 32.2. The van der Waals surface area contributed by atoms with Crippen LogP contribution in [0.3, 0.4) is 0 Å². The molecular weight excluding hydrogens is 334 g/mol. The maximum absolute atomic E-state index is 12.5. The molecule has 0 aliphatic heterocycles. The van der Waals surface area contributed by atoms with Crippen molar-refractivity contribution >= 4 is 21.4 Å². The van der Waals surface area contributed by atoms with Crippen LogP contribution in [0.4, 0.5) is 0 Å². The van der Waals surface area contributed by atoms with Gasteiger partial charge in [-0.15, -0.1) is 11.3 Å². The Labute approximate surface area is 141 Å². The minimum absolute atomic E-state index is 0.0817. The number of aryl methyl sites for hydroxylation is 3. The van der Waals surface area contributed by atoms with Crippen molar-refractivity contribution in [3.63, 3.8) is 0 Å². The van der Waals surface area contributed by atoms with Crippen molar-refractivity contribution in [1.29, 1.82) is 0 Å². The van der Waals surface area contributed by atoms with Crippen LogP contribution in [0.15, 0.2) is 28.5 Å². The van der Waals surface area contributed by atoms with Gasteiger partial charge in [-0.3, -0.25) is 0 Å². The zero-order chi connectivity index (χ0) is 17.2. The number of benzene rings is 1. The maximum atomic E-state index is 12.5. The molecule has 0 aliphatic rings. The summed E-state index contributed by atoms with van der Waals surface area (Å²) in [5.74, 6) is 0.294. The largest absolute Gasteiger partial charge is 0.495 e. The number of thiophene rings is 1. The number of nitrogens with one attached hydrogen (secondary N) is 1. The van der Waals surface area contributed by atoms with Crippen molar-refractivity contribution in [2.24, 2.45) is 0 Å². The molecule has 1 atom stereocenters. The lowest BCUT2D eigenvalue weighted by Gasteiger charge is -2.15. The molecule has 0 saturated carbocycles. The van der Waals surface area contributed by atoms with E-state index in [0.29, 0.717) is 5.75 Å². The number of rotatable bonds is 6. The Balaban J connectivity index is 2.23. The predicted octanol–water partition coefficient (Wildman–Crippen LogP) is 2.69. The fourth-order valence-electron chi connectivity index (χ4n) is 2.22. The lowest BCUT2D eigenvalue weighted by molar-refractivity contribution is 0.185. The summed E-state index contributed by atoms with van der Waals surface area (Å²) >= 11 is 1.41. The molecule has 2 aromatic rings. The summed E-state index contributed by atoms with van der Waals surface area (Å²) in [6.45, 7) is 5.54. The van der Waals surface area contributed by atoms with Crippen molar-refractivity contribution < 1.29 is 18.3 Å². The van der Waals surface area contributed by atoms with Crippen LogP contribution in [0, 0.1) is 20.8 Å². The molecule has 0 saturated heterocycles. The normalized spacial score (nSPS) is 13.1. The minimum Gasteiger partial charge on any atom is -0.495 e. The van der Waals surface area contributed by atoms with Gasteiger partial charge in [0.15, 0.2) is 0 Å². The second kappa shape index (κ2) is 7.00. The third-order valence-electron chi connectivity index (χ3n) is 3.74. The first kappa shape index (κ1) is 17.9. The molecule has 1 aromatic carbocycles. The molecule has 1 aromatic heterocycles. The SMILES string of the molecule is COc1cc(C)c(C)cc1S(=O)(=O)NC[C@H](O)c1sccc1C. The quantitative estimate of drug-likeness (QED) is 0.835. The van der Waals surface area contributed by atoms with Crippen molar-refractivity contribution in [2.45, 2.75) is 31.8 Å². The summed E-state index contributed by atoms with van der Waals surface area (Å²) in [6.07, 6.45) is -0.873. The molecule has 7 heteroatoms. The van der Waals surface area contributed by atoms with Crippen LogP contribution in [-0.4, -0.2) is 27.2 Å². The van der Waals surface area contributed by atoms with E-state index < -0.39 is 16.1 Å². The smallest absolute Gasteiger partial charge is 0.244 e. The molecule has 1 heterocycles. The third-order valence-corrected chi connectivity index (χ3v) is 6.31. The summed E-state index contributed by atoms with van der Waals surface area (Å²) in [7, 11) is -2.33. The van der Waals surface area contributed by atoms with Crippen LogP contribution in [-0.2, 0) is 10.0 Å². The van der Waals surface area contributed by atoms with Gasteiger partial charge in [-0.1, -0.05) is 0 Å². The first-order chi connectivity index (χ1) is 10.8. The van der Waals surface area contributed by atoms with Gasteiger partial charge in [0.05, 0.1) is 7.11 Å². The molecule has 2 N–H and O–H groups in total. The number of hydrogen-bond donors (Lipinski definition) is 2. The Hall–Kier alpha value is -1.41. The van der Waals surface area contributed by atoms with Gasteiger partial charge in [0.2, 0.25) is 10.0 Å². The summed E-state index contributed by atoms with van der Waals surface area (Å²) < 4.78 is 32.7. The van der Waals surface area contributed by atoms with E-state index in [1.807, 2.05) is 32.2 Å². The first-order valence-electron chi connectivity index (χ1n) is 7.13. The van der Waals surface area contributed by atoms with Crippen LogP contribution in [0.5, 0.6) is 5.75 Å². The zero-order valence-electron chi connectivity index (χ0n) is 13.6. The van der Waals surface area contributed by atoms with Crippen LogP contribution >= 0.6 is 11.3 Å². The number of aliphatic hydroxyl groups is 1. The number of methoxy groups -OCH3 is 1. The highest BCUT2D eigenvalue weighted by molar-refractivity contribution is 7.89. The van der Waals surface area contributed by atoms with Crippen molar-refractivity contribution in [3.8, 4) is 5.75 Å². The van der Waals surface area contributed by atoms with Gasteiger partial charge in [-0.05, 0) is 61.0 Å². The zero-order valence-corrected chi connectivity index (χ0v) is 15.2. The molecule has 5 nitrogen and oxygen atoms in total. The third kappa shape index (κ3) is 3.92. The lowest BCUT2D eigenvalue weighted by atomic mass is 10.1. The second-order valence-electron chi connectivity index (χ2n) is 5.42. The molecule has 23 heavy (non-hydrogen) atoms. The number of aliphatic hydroxyl groups excluding tert-OH is 1. The van der Waals surface area contributed by atoms with Gasteiger partial charge in [0, 0.05) is 11.4 Å². The van der Waals surface area contributed by atoms with E-state index in [0.717, 1.165) is 21.6 Å². The second-order valence-corrected chi connectivity index (χ2v) is 8.11. The van der Waals surface area contributed by atoms with E-state index in [1.54, 1.807) is 12.1 Å². The Morgan fingerprint density at radius 1 is 1.22 bits per heavy atom. The topological polar surface area (TPSA) is 75.6 Å². The minimum atomic E-state index is -3.77. The molecule has 2 rings (SSSR count). The van der Waals surface area contributed by atoms with E-state index in [9.17, 15) is 13.5 Å². The summed E-state index contributed by atoms with van der Waals surface area (Å²) in [4.78, 5) is 0.845. The Kier molecular flexibility index (Phi) is 5.46. The summed E-state index contributed by atoms with van der Waals surface area (Å²) in [5, 5.41) is 12.0. The van der Waals surface area contributed by atoms with Crippen molar-refractivity contribution in [1.82, 2.24) is 4.72 Å². The number of sulfonamides is 1. The highest BCUT2D eigenvalue weighted by Gasteiger charge is 2.22. The van der Waals surface area contributed by atoms with E-state index in [1.165, 1.54) is 18.4 Å². The van der Waals surface area contributed by atoms with E-state index in [2.05, 4.69) is 4.72 Å². The molecule has 0 unspecified atom stereocenters. The van der Waals surface area contributed by atoms with Crippen LogP contribution in [0.25, 0.3) is 0 Å². The Morgan fingerprint density at radius 3 is 2.43 bits per heavy atom. The Bertz CT molecular complexity index is 796. The molecule has 0 radical (unpaired) electrons. The molecular formula is C16H21NO4S2. The van der Waals surface area contributed by atoms with Gasteiger partial charge in [0.1, 0.15) is 16.7 Å².